The van der Waals surface area contributed by atoms with Crippen molar-refractivity contribution in [3.63, 3.8) is 0 Å². The van der Waals surface area contributed by atoms with Gasteiger partial charge in [0.15, 0.2) is 0 Å². The maximum Gasteiger partial charge on any atom is 0.251 e. The summed E-state index contributed by atoms with van der Waals surface area (Å²) in [4.78, 5) is 11.7. The molecule has 3 N–H and O–H groups in total. The molecule has 0 atom stereocenters. The molecule has 0 heterocycles. The third kappa shape index (κ3) is 3.15. The molecule has 0 saturated heterocycles. The van der Waals surface area contributed by atoms with Crippen LogP contribution in [0.3, 0.4) is 0 Å². The molecule has 17 heavy (non-hydrogen) atoms. The molecule has 1 aromatic carbocycles. The lowest BCUT2D eigenvalue weighted by Crippen LogP contribution is -2.42. The first kappa shape index (κ1) is 13.4. The lowest BCUT2D eigenvalue weighted by atomic mass is 10.0. The van der Waals surface area contributed by atoms with Gasteiger partial charge in [-0.25, -0.2) is 8.78 Å². The Labute approximate surface area is 99.0 Å². The molecule has 0 aliphatic rings. The average Bonchev–Trinajstić information content (AvgIpc) is 2.24. The van der Waals surface area contributed by atoms with E-state index >= 15 is 0 Å². The molecule has 0 aliphatic carbocycles. The van der Waals surface area contributed by atoms with E-state index < -0.39 is 28.8 Å². The Morgan fingerprint density at radius 3 is 2.24 bits per heavy atom. The zero-order chi connectivity index (χ0) is 13.2. The molecule has 94 valence electrons. The molecule has 0 radical (unpaired) electrons. The molecule has 0 bridgehead atoms. The van der Waals surface area contributed by atoms with Crippen LogP contribution in [-0.4, -0.2) is 11.4 Å². The number of rotatable bonds is 3. The van der Waals surface area contributed by atoms with E-state index in [4.69, 9.17) is 5.73 Å². The summed E-state index contributed by atoms with van der Waals surface area (Å²) in [7, 11) is 0. The van der Waals surface area contributed by atoms with Crippen molar-refractivity contribution < 1.29 is 13.6 Å². The van der Waals surface area contributed by atoms with Crippen LogP contribution in [0.15, 0.2) is 12.1 Å². The number of nitrogen functional groups attached to an aromatic ring is 1. The molecular formula is C12H16F2N2O. The van der Waals surface area contributed by atoms with E-state index in [2.05, 4.69) is 5.32 Å². The van der Waals surface area contributed by atoms with Gasteiger partial charge in [-0.3, -0.25) is 4.79 Å². The van der Waals surface area contributed by atoms with E-state index in [0.29, 0.717) is 6.42 Å². The van der Waals surface area contributed by atoms with E-state index in [0.717, 1.165) is 12.1 Å². The minimum Gasteiger partial charge on any atom is -0.394 e. The van der Waals surface area contributed by atoms with Crippen molar-refractivity contribution in [2.24, 2.45) is 0 Å². The van der Waals surface area contributed by atoms with Crippen LogP contribution in [0.1, 0.15) is 37.6 Å². The standard InChI is InChI=1S/C12H16F2N2O/c1-4-12(2,3)16-11(17)7-5-8(13)10(15)9(14)6-7/h5-6H,4,15H2,1-3H3,(H,16,17). The van der Waals surface area contributed by atoms with Crippen LogP contribution >= 0.6 is 0 Å². The highest BCUT2D eigenvalue weighted by molar-refractivity contribution is 5.95. The number of hydrogen-bond donors (Lipinski definition) is 2. The van der Waals surface area contributed by atoms with Crippen molar-refractivity contribution in [2.75, 3.05) is 5.73 Å². The van der Waals surface area contributed by atoms with Gasteiger partial charge in [-0.2, -0.15) is 0 Å². The summed E-state index contributed by atoms with van der Waals surface area (Å²) in [6, 6.07) is 1.86. The first-order chi connectivity index (χ1) is 7.76. The van der Waals surface area contributed by atoms with Crippen LogP contribution in [-0.2, 0) is 0 Å². The van der Waals surface area contributed by atoms with Gasteiger partial charge in [-0.05, 0) is 32.4 Å². The second-order valence-electron chi connectivity index (χ2n) is 4.55. The third-order valence-electron chi connectivity index (χ3n) is 2.68. The van der Waals surface area contributed by atoms with E-state index in [-0.39, 0.29) is 5.56 Å². The number of halogens is 2. The highest BCUT2D eigenvalue weighted by Crippen LogP contribution is 2.18. The van der Waals surface area contributed by atoms with E-state index in [9.17, 15) is 13.6 Å². The van der Waals surface area contributed by atoms with Crippen molar-refractivity contribution in [2.45, 2.75) is 32.7 Å². The summed E-state index contributed by atoms with van der Waals surface area (Å²) < 4.78 is 26.3. The van der Waals surface area contributed by atoms with E-state index in [1.165, 1.54) is 0 Å². The van der Waals surface area contributed by atoms with Gasteiger partial charge in [0.25, 0.3) is 5.91 Å². The first-order valence-corrected chi connectivity index (χ1v) is 5.34. The van der Waals surface area contributed by atoms with Gasteiger partial charge in [-0.15, -0.1) is 0 Å². The van der Waals surface area contributed by atoms with E-state index in [1.54, 1.807) is 0 Å². The number of benzene rings is 1. The minimum absolute atomic E-state index is 0.0734. The highest BCUT2D eigenvalue weighted by atomic mass is 19.1. The number of carbonyl (C=O) groups excluding carboxylic acids is 1. The van der Waals surface area contributed by atoms with Gasteiger partial charge < -0.3 is 11.1 Å². The molecule has 1 amide bonds. The molecule has 0 unspecified atom stereocenters. The summed E-state index contributed by atoms with van der Waals surface area (Å²) in [5.74, 6) is -2.37. The Bertz CT molecular complexity index is 421. The average molecular weight is 242 g/mol. The molecule has 0 aromatic heterocycles. The van der Waals surface area contributed by atoms with Gasteiger partial charge in [-0.1, -0.05) is 6.92 Å². The minimum atomic E-state index is -0.926. The SMILES string of the molecule is CCC(C)(C)NC(=O)c1cc(F)c(N)c(F)c1. The molecular weight excluding hydrogens is 226 g/mol. The van der Waals surface area contributed by atoms with Crippen LogP contribution in [0.2, 0.25) is 0 Å². The Morgan fingerprint density at radius 2 is 1.82 bits per heavy atom. The summed E-state index contributed by atoms with van der Waals surface area (Å²) >= 11 is 0. The molecule has 0 saturated carbocycles. The fourth-order valence-electron chi connectivity index (χ4n) is 1.18. The van der Waals surface area contributed by atoms with Crippen molar-refractivity contribution in [3.05, 3.63) is 29.3 Å². The number of nitrogens with one attached hydrogen (secondary N) is 1. The number of hydrogen-bond acceptors (Lipinski definition) is 2. The van der Waals surface area contributed by atoms with Gasteiger partial charge in [0.05, 0.1) is 0 Å². The normalized spacial score (nSPS) is 11.4. The molecule has 0 spiro atoms. The van der Waals surface area contributed by atoms with Gasteiger partial charge in [0.2, 0.25) is 0 Å². The molecule has 0 aliphatic heterocycles. The van der Waals surface area contributed by atoms with Gasteiger partial charge in [0, 0.05) is 11.1 Å². The Kier molecular flexibility index (Phi) is 3.70. The topological polar surface area (TPSA) is 55.1 Å². The van der Waals surface area contributed by atoms with Gasteiger partial charge >= 0.3 is 0 Å². The molecule has 1 rings (SSSR count). The quantitative estimate of drug-likeness (QED) is 0.800. The molecule has 1 aromatic rings. The Hall–Kier alpha value is -1.65. The number of carbonyl (C=O) groups is 1. The molecule has 0 fully saturated rings. The Morgan fingerprint density at radius 1 is 1.35 bits per heavy atom. The number of anilines is 1. The fraction of sp³-hybridized carbons (Fsp3) is 0.417. The van der Waals surface area contributed by atoms with Crippen LogP contribution in [0.5, 0.6) is 0 Å². The second-order valence-corrected chi connectivity index (χ2v) is 4.55. The summed E-state index contributed by atoms with van der Waals surface area (Å²) in [5, 5.41) is 2.68. The number of amides is 1. The predicted octanol–water partition coefficient (Wildman–Crippen LogP) is 2.47. The second kappa shape index (κ2) is 4.69. The van der Waals surface area contributed by atoms with Crippen molar-refractivity contribution >= 4 is 11.6 Å². The van der Waals surface area contributed by atoms with Crippen LogP contribution in [0, 0.1) is 11.6 Å². The monoisotopic (exact) mass is 242 g/mol. The maximum absolute atomic E-state index is 13.2. The van der Waals surface area contributed by atoms with Gasteiger partial charge in [0.1, 0.15) is 17.3 Å². The highest BCUT2D eigenvalue weighted by Gasteiger charge is 2.20. The lowest BCUT2D eigenvalue weighted by Gasteiger charge is -2.24. The van der Waals surface area contributed by atoms with E-state index in [1.807, 2.05) is 20.8 Å². The molecule has 3 nitrogen and oxygen atoms in total. The maximum atomic E-state index is 13.2. The van der Waals surface area contributed by atoms with Crippen LogP contribution in [0.4, 0.5) is 14.5 Å². The predicted molar refractivity (Wildman–Crippen MR) is 62.6 cm³/mol. The zero-order valence-corrected chi connectivity index (χ0v) is 10.1. The lowest BCUT2D eigenvalue weighted by molar-refractivity contribution is 0.0910. The van der Waals surface area contributed by atoms with Crippen LogP contribution in [0.25, 0.3) is 0 Å². The van der Waals surface area contributed by atoms with Crippen molar-refractivity contribution in [1.29, 1.82) is 0 Å². The summed E-state index contributed by atoms with van der Waals surface area (Å²) in [6.45, 7) is 5.56. The third-order valence-corrected chi connectivity index (χ3v) is 2.68. The zero-order valence-electron chi connectivity index (χ0n) is 10.1. The summed E-state index contributed by atoms with van der Waals surface area (Å²) in [6.07, 6.45) is 0.707. The van der Waals surface area contributed by atoms with Crippen LogP contribution < -0.4 is 11.1 Å². The fourth-order valence-corrected chi connectivity index (χ4v) is 1.18. The Balaban J connectivity index is 2.98. The first-order valence-electron chi connectivity index (χ1n) is 5.34. The van der Waals surface area contributed by atoms with Crippen molar-refractivity contribution in [1.82, 2.24) is 5.32 Å². The largest absolute Gasteiger partial charge is 0.394 e. The molecule has 5 heteroatoms. The summed E-state index contributed by atoms with van der Waals surface area (Å²) in [5.41, 5.74) is 4.05. The van der Waals surface area contributed by atoms with Crippen molar-refractivity contribution in [3.8, 4) is 0 Å². The smallest absolute Gasteiger partial charge is 0.251 e. The number of nitrogens with two attached hydrogens (primary N) is 1.